The molecule has 0 aromatic heterocycles. The van der Waals surface area contributed by atoms with Crippen LogP contribution in [0.4, 0.5) is 0 Å². The standard InChI is InChI=1S/C12H17O/c1-3-4-5-11-6-8-12(9-7-11)10-13-2/h6-9H,2-5,10H2,1H3. The second-order valence-electron chi connectivity index (χ2n) is 3.27. The van der Waals surface area contributed by atoms with Crippen LogP contribution in [0.5, 0.6) is 0 Å². The third kappa shape index (κ3) is 3.60. The summed E-state index contributed by atoms with van der Waals surface area (Å²) in [6, 6.07) is 8.56. The van der Waals surface area contributed by atoms with E-state index in [-0.39, 0.29) is 0 Å². The monoisotopic (exact) mass is 177 g/mol. The normalized spacial score (nSPS) is 10.3. The number of aryl methyl sites for hydroxylation is 1. The molecule has 71 valence electrons. The van der Waals surface area contributed by atoms with E-state index in [1.54, 1.807) is 0 Å². The number of hydrogen-bond donors (Lipinski definition) is 0. The molecule has 0 saturated carbocycles. The van der Waals surface area contributed by atoms with E-state index in [0.717, 1.165) is 0 Å². The summed E-state index contributed by atoms with van der Waals surface area (Å²) in [7, 11) is 3.35. The van der Waals surface area contributed by atoms with Crippen LogP contribution >= 0.6 is 0 Å². The van der Waals surface area contributed by atoms with Crippen LogP contribution in [-0.2, 0) is 17.8 Å². The van der Waals surface area contributed by atoms with Crippen LogP contribution in [0.15, 0.2) is 24.3 Å². The van der Waals surface area contributed by atoms with Crippen molar-refractivity contribution in [2.24, 2.45) is 0 Å². The lowest BCUT2D eigenvalue weighted by Gasteiger charge is -2.02. The quantitative estimate of drug-likeness (QED) is 0.670. The van der Waals surface area contributed by atoms with Crippen molar-refractivity contribution >= 4 is 0 Å². The maximum Gasteiger partial charge on any atom is 0.0718 e. The Balaban J connectivity index is 2.48. The molecule has 0 amide bonds. The minimum Gasteiger partial charge on any atom is -0.374 e. The summed E-state index contributed by atoms with van der Waals surface area (Å²) in [6.07, 6.45) is 3.71. The highest BCUT2D eigenvalue weighted by Gasteiger charge is 1.93. The number of unbranched alkanes of at least 4 members (excludes halogenated alkanes) is 1. The highest BCUT2D eigenvalue weighted by molar-refractivity contribution is 5.22. The Bertz CT molecular complexity index is 225. The third-order valence-electron chi connectivity index (χ3n) is 2.11. The number of ether oxygens (including phenoxy) is 1. The van der Waals surface area contributed by atoms with Crippen LogP contribution in [0, 0.1) is 7.11 Å². The zero-order valence-corrected chi connectivity index (χ0v) is 8.25. The minimum absolute atomic E-state index is 0.605. The molecule has 0 aliphatic rings. The Morgan fingerprint density at radius 3 is 2.31 bits per heavy atom. The molecule has 1 heteroatoms. The van der Waals surface area contributed by atoms with Crippen molar-refractivity contribution < 1.29 is 4.74 Å². The van der Waals surface area contributed by atoms with E-state index in [4.69, 9.17) is 4.74 Å². The van der Waals surface area contributed by atoms with Gasteiger partial charge in [-0.05, 0) is 24.0 Å². The summed E-state index contributed by atoms with van der Waals surface area (Å²) < 4.78 is 4.80. The topological polar surface area (TPSA) is 9.23 Å². The first-order valence-corrected chi connectivity index (χ1v) is 4.81. The van der Waals surface area contributed by atoms with E-state index in [2.05, 4.69) is 38.3 Å². The van der Waals surface area contributed by atoms with Gasteiger partial charge in [-0.25, -0.2) is 0 Å². The molecule has 1 radical (unpaired) electrons. The van der Waals surface area contributed by atoms with Gasteiger partial charge in [0.1, 0.15) is 0 Å². The van der Waals surface area contributed by atoms with Crippen LogP contribution < -0.4 is 0 Å². The zero-order chi connectivity index (χ0) is 9.52. The molecule has 0 atom stereocenters. The van der Waals surface area contributed by atoms with Gasteiger partial charge >= 0.3 is 0 Å². The van der Waals surface area contributed by atoms with E-state index in [0.29, 0.717) is 6.61 Å². The fraction of sp³-hybridized carbons (Fsp3) is 0.417. The van der Waals surface area contributed by atoms with Crippen molar-refractivity contribution in [3.63, 3.8) is 0 Å². The molecular formula is C12H17O. The maximum absolute atomic E-state index is 4.80. The lowest BCUT2D eigenvalue weighted by Crippen LogP contribution is -1.88. The van der Waals surface area contributed by atoms with Crippen LogP contribution in [0.1, 0.15) is 30.9 Å². The highest BCUT2D eigenvalue weighted by Crippen LogP contribution is 2.08. The Labute approximate surface area is 80.7 Å². The van der Waals surface area contributed by atoms with Crippen molar-refractivity contribution in [3.8, 4) is 0 Å². The molecule has 0 heterocycles. The molecule has 1 nitrogen and oxygen atoms in total. The van der Waals surface area contributed by atoms with E-state index in [1.807, 2.05) is 0 Å². The molecule has 1 aromatic rings. The van der Waals surface area contributed by atoms with Gasteiger partial charge in [-0.3, -0.25) is 0 Å². The lowest BCUT2D eigenvalue weighted by atomic mass is 10.1. The molecule has 0 spiro atoms. The zero-order valence-electron chi connectivity index (χ0n) is 8.25. The van der Waals surface area contributed by atoms with E-state index < -0.39 is 0 Å². The SMILES string of the molecule is [CH2]OCc1ccc(CCCC)cc1. The van der Waals surface area contributed by atoms with Gasteiger partial charge in [-0.1, -0.05) is 37.6 Å². The van der Waals surface area contributed by atoms with Crippen molar-refractivity contribution in [1.82, 2.24) is 0 Å². The van der Waals surface area contributed by atoms with Crippen molar-refractivity contribution in [3.05, 3.63) is 42.5 Å². The molecule has 0 saturated heterocycles. The molecule has 0 aliphatic heterocycles. The Morgan fingerprint density at radius 2 is 1.77 bits per heavy atom. The number of rotatable bonds is 5. The van der Waals surface area contributed by atoms with Gasteiger partial charge in [-0.15, -0.1) is 0 Å². The first-order valence-electron chi connectivity index (χ1n) is 4.81. The molecule has 0 unspecified atom stereocenters. The second kappa shape index (κ2) is 5.76. The van der Waals surface area contributed by atoms with Gasteiger partial charge in [-0.2, -0.15) is 0 Å². The Hall–Kier alpha value is -0.820. The van der Waals surface area contributed by atoms with Gasteiger partial charge in [0.2, 0.25) is 0 Å². The predicted molar refractivity (Wildman–Crippen MR) is 55.2 cm³/mol. The fourth-order valence-electron chi connectivity index (χ4n) is 1.30. The van der Waals surface area contributed by atoms with Crippen molar-refractivity contribution in [1.29, 1.82) is 0 Å². The summed E-state index contributed by atoms with van der Waals surface area (Å²) in [5.74, 6) is 0. The first kappa shape index (κ1) is 10.3. The molecule has 0 bridgehead atoms. The molecular weight excluding hydrogens is 160 g/mol. The van der Waals surface area contributed by atoms with E-state index in [1.165, 1.54) is 30.4 Å². The van der Waals surface area contributed by atoms with Gasteiger partial charge in [0.05, 0.1) is 13.7 Å². The largest absolute Gasteiger partial charge is 0.374 e. The smallest absolute Gasteiger partial charge is 0.0718 e. The van der Waals surface area contributed by atoms with Gasteiger partial charge in [0.15, 0.2) is 0 Å². The molecule has 1 aromatic carbocycles. The van der Waals surface area contributed by atoms with E-state index >= 15 is 0 Å². The van der Waals surface area contributed by atoms with Crippen LogP contribution in [0.2, 0.25) is 0 Å². The number of hydrogen-bond acceptors (Lipinski definition) is 1. The summed E-state index contributed by atoms with van der Waals surface area (Å²) in [5.41, 5.74) is 2.60. The molecule has 0 N–H and O–H groups in total. The summed E-state index contributed by atoms with van der Waals surface area (Å²) in [5, 5.41) is 0. The first-order chi connectivity index (χ1) is 6.36. The molecule has 13 heavy (non-hydrogen) atoms. The van der Waals surface area contributed by atoms with Gasteiger partial charge < -0.3 is 4.74 Å². The summed E-state index contributed by atoms with van der Waals surface area (Å²) in [4.78, 5) is 0. The maximum atomic E-state index is 4.80. The molecule has 1 rings (SSSR count). The summed E-state index contributed by atoms with van der Waals surface area (Å²) in [6.45, 7) is 2.82. The van der Waals surface area contributed by atoms with Gasteiger partial charge in [0.25, 0.3) is 0 Å². The third-order valence-corrected chi connectivity index (χ3v) is 2.11. The lowest BCUT2D eigenvalue weighted by molar-refractivity contribution is 0.229. The minimum atomic E-state index is 0.605. The average Bonchev–Trinajstić information content (AvgIpc) is 2.17. The second-order valence-corrected chi connectivity index (χ2v) is 3.27. The Morgan fingerprint density at radius 1 is 1.15 bits per heavy atom. The van der Waals surface area contributed by atoms with Crippen LogP contribution in [0.25, 0.3) is 0 Å². The van der Waals surface area contributed by atoms with Crippen LogP contribution in [0.3, 0.4) is 0 Å². The van der Waals surface area contributed by atoms with Crippen molar-refractivity contribution in [2.75, 3.05) is 0 Å². The fourth-order valence-corrected chi connectivity index (χ4v) is 1.30. The predicted octanol–water partition coefficient (Wildman–Crippen LogP) is 3.34. The van der Waals surface area contributed by atoms with Gasteiger partial charge in [0, 0.05) is 0 Å². The number of benzene rings is 1. The van der Waals surface area contributed by atoms with E-state index in [9.17, 15) is 0 Å². The molecule has 0 aliphatic carbocycles. The van der Waals surface area contributed by atoms with Crippen LogP contribution in [-0.4, -0.2) is 0 Å². The summed E-state index contributed by atoms with van der Waals surface area (Å²) >= 11 is 0. The average molecular weight is 177 g/mol. The Kier molecular flexibility index (Phi) is 4.55. The van der Waals surface area contributed by atoms with Crippen molar-refractivity contribution in [2.45, 2.75) is 32.8 Å². The highest BCUT2D eigenvalue weighted by atomic mass is 16.5. The molecule has 0 fully saturated rings.